The SMILES string of the molecule is COc1cc(F)ccc1NC(=O)CCCc1ncc(-c2ccccc2)o1. The molecule has 0 aliphatic heterocycles. The van der Waals surface area contributed by atoms with Crippen molar-refractivity contribution in [3.63, 3.8) is 0 Å². The van der Waals surface area contributed by atoms with Crippen LogP contribution in [0, 0.1) is 5.82 Å². The summed E-state index contributed by atoms with van der Waals surface area (Å²) in [5.41, 5.74) is 1.41. The van der Waals surface area contributed by atoms with Crippen molar-refractivity contribution in [2.24, 2.45) is 0 Å². The van der Waals surface area contributed by atoms with E-state index in [1.807, 2.05) is 30.3 Å². The molecule has 0 spiro atoms. The van der Waals surface area contributed by atoms with E-state index >= 15 is 0 Å². The summed E-state index contributed by atoms with van der Waals surface area (Å²) in [5, 5.41) is 2.72. The quantitative estimate of drug-likeness (QED) is 0.681. The molecule has 5 nitrogen and oxygen atoms in total. The fourth-order valence-corrected chi connectivity index (χ4v) is 2.54. The van der Waals surface area contributed by atoms with Crippen LogP contribution in [0.2, 0.25) is 0 Å². The number of nitrogens with one attached hydrogen (secondary N) is 1. The first-order valence-electron chi connectivity index (χ1n) is 8.29. The number of nitrogens with zero attached hydrogens (tertiary/aromatic N) is 1. The monoisotopic (exact) mass is 354 g/mol. The van der Waals surface area contributed by atoms with Crippen molar-refractivity contribution >= 4 is 11.6 Å². The highest BCUT2D eigenvalue weighted by atomic mass is 19.1. The maximum atomic E-state index is 13.2. The molecule has 1 N–H and O–H groups in total. The van der Waals surface area contributed by atoms with Crippen LogP contribution in [0.4, 0.5) is 10.1 Å². The minimum absolute atomic E-state index is 0.176. The number of methoxy groups -OCH3 is 1. The van der Waals surface area contributed by atoms with Gasteiger partial charge >= 0.3 is 0 Å². The summed E-state index contributed by atoms with van der Waals surface area (Å²) < 4.78 is 24.0. The molecule has 134 valence electrons. The van der Waals surface area contributed by atoms with Gasteiger partial charge in [-0.15, -0.1) is 0 Å². The van der Waals surface area contributed by atoms with Crippen LogP contribution in [0.25, 0.3) is 11.3 Å². The average molecular weight is 354 g/mol. The first-order chi connectivity index (χ1) is 12.7. The minimum atomic E-state index is -0.419. The number of rotatable bonds is 7. The van der Waals surface area contributed by atoms with Gasteiger partial charge in [-0.25, -0.2) is 9.37 Å². The van der Waals surface area contributed by atoms with Gasteiger partial charge in [0.25, 0.3) is 0 Å². The van der Waals surface area contributed by atoms with Crippen LogP contribution in [-0.4, -0.2) is 18.0 Å². The summed E-state index contributed by atoms with van der Waals surface area (Å²) in [7, 11) is 1.43. The van der Waals surface area contributed by atoms with E-state index in [4.69, 9.17) is 9.15 Å². The van der Waals surface area contributed by atoms with E-state index in [1.165, 1.54) is 25.3 Å². The van der Waals surface area contributed by atoms with E-state index in [0.29, 0.717) is 42.4 Å². The predicted octanol–water partition coefficient (Wildman–Crippen LogP) is 4.45. The van der Waals surface area contributed by atoms with Gasteiger partial charge in [0.05, 0.1) is 19.0 Å². The number of amides is 1. The molecule has 0 saturated carbocycles. The smallest absolute Gasteiger partial charge is 0.224 e. The van der Waals surface area contributed by atoms with Crippen LogP contribution in [0.5, 0.6) is 5.75 Å². The van der Waals surface area contributed by atoms with Gasteiger partial charge in [0.15, 0.2) is 11.7 Å². The van der Waals surface area contributed by atoms with Crippen LogP contribution in [0.3, 0.4) is 0 Å². The number of hydrogen-bond donors (Lipinski definition) is 1. The first kappa shape index (κ1) is 17.7. The topological polar surface area (TPSA) is 64.4 Å². The van der Waals surface area contributed by atoms with Gasteiger partial charge in [-0.3, -0.25) is 4.79 Å². The number of benzene rings is 2. The van der Waals surface area contributed by atoms with Gasteiger partial charge in [-0.2, -0.15) is 0 Å². The molecule has 1 amide bonds. The summed E-state index contributed by atoms with van der Waals surface area (Å²) in [5.74, 6) is 0.999. The first-order valence-corrected chi connectivity index (χ1v) is 8.29. The van der Waals surface area contributed by atoms with Crippen LogP contribution in [-0.2, 0) is 11.2 Å². The Kier molecular flexibility index (Phi) is 5.63. The molecule has 0 unspecified atom stereocenters. The molecule has 0 bridgehead atoms. The maximum Gasteiger partial charge on any atom is 0.224 e. The Morgan fingerprint density at radius 3 is 2.81 bits per heavy atom. The lowest BCUT2D eigenvalue weighted by atomic mass is 10.2. The van der Waals surface area contributed by atoms with Gasteiger partial charge in [0, 0.05) is 24.5 Å². The predicted molar refractivity (Wildman–Crippen MR) is 96.5 cm³/mol. The van der Waals surface area contributed by atoms with Crippen LogP contribution < -0.4 is 10.1 Å². The van der Waals surface area contributed by atoms with Crippen LogP contribution >= 0.6 is 0 Å². The third-order valence-corrected chi connectivity index (χ3v) is 3.84. The Balaban J connectivity index is 1.51. The number of carbonyl (C=O) groups is 1. The lowest BCUT2D eigenvalue weighted by Crippen LogP contribution is -2.12. The van der Waals surface area contributed by atoms with Crippen molar-refractivity contribution in [3.8, 4) is 17.1 Å². The highest BCUT2D eigenvalue weighted by Crippen LogP contribution is 2.25. The second-order valence-corrected chi connectivity index (χ2v) is 5.73. The molecule has 1 aromatic heterocycles. The number of anilines is 1. The highest BCUT2D eigenvalue weighted by molar-refractivity contribution is 5.92. The number of aryl methyl sites for hydroxylation is 1. The van der Waals surface area contributed by atoms with Crippen molar-refractivity contribution in [3.05, 3.63) is 66.4 Å². The minimum Gasteiger partial charge on any atom is -0.494 e. The molecule has 2 aromatic carbocycles. The third kappa shape index (κ3) is 4.47. The largest absolute Gasteiger partial charge is 0.494 e. The van der Waals surface area contributed by atoms with Crippen molar-refractivity contribution in [2.45, 2.75) is 19.3 Å². The van der Waals surface area contributed by atoms with E-state index in [-0.39, 0.29) is 5.91 Å². The van der Waals surface area contributed by atoms with Crippen molar-refractivity contribution in [2.75, 3.05) is 12.4 Å². The second kappa shape index (κ2) is 8.29. The normalized spacial score (nSPS) is 10.5. The maximum absolute atomic E-state index is 13.2. The number of aromatic nitrogens is 1. The number of carbonyl (C=O) groups excluding carboxylic acids is 1. The Morgan fingerprint density at radius 1 is 1.23 bits per heavy atom. The Hall–Kier alpha value is -3.15. The fourth-order valence-electron chi connectivity index (χ4n) is 2.54. The molecule has 0 aliphatic rings. The molecule has 1 heterocycles. The lowest BCUT2D eigenvalue weighted by Gasteiger charge is -2.09. The summed E-state index contributed by atoms with van der Waals surface area (Å²) in [6.45, 7) is 0. The summed E-state index contributed by atoms with van der Waals surface area (Å²) in [4.78, 5) is 16.3. The standard InChI is InChI=1S/C20H19FN2O3/c1-25-17-12-15(21)10-11-16(17)23-19(24)8-5-9-20-22-13-18(26-20)14-6-3-2-4-7-14/h2-4,6-7,10-13H,5,8-9H2,1H3,(H,23,24). The van der Waals surface area contributed by atoms with Crippen molar-refractivity contribution in [1.82, 2.24) is 4.98 Å². The molecule has 0 fully saturated rings. The number of ether oxygens (including phenoxy) is 1. The van der Waals surface area contributed by atoms with E-state index in [0.717, 1.165) is 5.56 Å². The van der Waals surface area contributed by atoms with E-state index in [9.17, 15) is 9.18 Å². The summed E-state index contributed by atoms with van der Waals surface area (Å²) in [6.07, 6.45) is 3.13. The molecule has 3 aromatic rings. The van der Waals surface area contributed by atoms with Crippen LogP contribution in [0.15, 0.2) is 59.1 Å². The zero-order valence-corrected chi connectivity index (χ0v) is 14.4. The van der Waals surface area contributed by atoms with Gasteiger partial charge in [-0.05, 0) is 18.6 Å². The molecule has 0 radical (unpaired) electrons. The Morgan fingerprint density at radius 2 is 2.04 bits per heavy atom. The zero-order valence-electron chi connectivity index (χ0n) is 14.4. The molecule has 0 atom stereocenters. The fraction of sp³-hybridized carbons (Fsp3) is 0.200. The molecule has 0 saturated heterocycles. The number of halogens is 1. The molecule has 6 heteroatoms. The molecular formula is C20H19FN2O3. The summed E-state index contributed by atoms with van der Waals surface area (Å²) in [6, 6.07) is 13.7. The zero-order chi connectivity index (χ0) is 18.4. The van der Waals surface area contributed by atoms with Crippen LogP contribution in [0.1, 0.15) is 18.7 Å². The molecule has 0 aliphatic carbocycles. The Labute approximate surface area is 150 Å². The third-order valence-electron chi connectivity index (χ3n) is 3.84. The van der Waals surface area contributed by atoms with E-state index in [2.05, 4.69) is 10.3 Å². The van der Waals surface area contributed by atoms with E-state index < -0.39 is 5.82 Å². The van der Waals surface area contributed by atoms with Crippen molar-refractivity contribution < 1.29 is 18.3 Å². The second-order valence-electron chi connectivity index (χ2n) is 5.73. The van der Waals surface area contributed by atoms with Crippen molar-refractivity contribution in [1.29, 1.82) is 0 Å². The van der Waals surface area contributed by atoms with Gasteiger partial charge in [0.1, 0.15) is 11.6 Å². The molecule has 3 rings (SSSR count). The average Bonchev–Trinajstić information content (AvgIpc) is 3.13. The van der Waals surface area contributed by atoms with E-state index in [1.54, 1.807) is 6.20 Å². The van der Waals surface area contributed by atoms with Gasteiger partial charge in [-0.1, -0.05) is 30.3 Å². The number of hydrogen-bond acceptors (Lipinski definition) is 4. The van der Waals surface area contributed by atoms with Gasteiger partial charge in [0.2, 0.25) is 5.91 Å². The highest BCUT2D eigenvalue weighted by Gasteiger charge is 2.10. The summed E-state index contributed by atoms with van der Waals surface area (Å²) >= 11 is 0. The number of oxazole rings is 1. The lowest BCUT2D eigenvalue weighted by molar-refractivity contribution is -0.116. The Bertz CT molecular complexity index is 878. The molecule has 26 heavy (non-hydrogen) atoms. The molecular weight excluding hydrogens is 335 g/mol. The van der Waals surface area contributed by atoms with Gasteiger partial charge < -0.3 is 14.5 Å².